The van der Waals surface area contributed by atoms with Gasteiger partial charge in [-0.25, -0.2) is 28.8 Å². The van der Waals surface area contributed by atoms with Gasteiger partial charge in [-0.2, -0.15) is 0 Å². The highest BCUT2D eigenvalue weighted by Crippen LogP contribution is 2.37. The van der Waals surface area contributed by atoms with Crippen LogP contribution < -0.4 is 42.5 Å². The highest BCUT2D eigenvalue weighted by molar-refractivity contribution is 7.57. The van der Waals surface area contributed by atoms with E-state index in [9.17, 15) is 81.3 Å². The molecule has 37 nitrogen and oxygen atoms in total. The smallest absolute Gasteiger partial charge is 0.407 e. The number of alkyl carbamates (subject to hydrolysis) is 2. The lowest BCUT2D eigenvalue weighted by molar-refractivity contribution is -0.155. The summed E-state index contributed by atoms with van der Waals surface area (Å²) in [5.41, 5.74) is 2.83. The first-order valence-corrected chi connectivity index (χ1v) is 52.3. The maximum atomic E-state index is 14.3. The minimum atomic E-state index is -2.57. The highest BCUT2D eigenvalue weighted by Gasteiger charge is 2.42. The molecule has 0 saturated heterocycles. The van der Waals surface area contributed by atoms with E-state index in [0.717, 1.165) is 46.6 Å². The molecule has 2 unspecified atom stereocenters. The number of rotatable bonds is 30. The molecule has 2 aliphatic rings. The summed E-state index contributed by atoms with van der Waals surface area (Å²) in [5.74, 6) is -12.4. The molecule has 0 fully saturated rings. The molecule has 9 N–H and O–H groups in total. The molecule has 0 aliphatic carbocycles. The van der Waals surface area contributed by atoms with E-state index in [1.165, 1.54) is 91.7 Å². The van der Waals surface area contributed by atoms with Crippen LogP contribution in [0, 0.1) is 35.5 Å². The standard InChI is InChI=1S/C53H85N6O13P.C51H80N6O12/c1-15-34(5)45-48(62)56-39(10)52(66)72-46(35(6)16-2)37(8)42(71-53(67)54-28-22-17-18-23-29-69-73(13,14)68)27-26-36(7)51(65)70-43(30-33(3)4)47(61)55-38(9)49(63)59(12)41(31-40-24-20-19-21-25-40)50(64)58(11)32-44(60)57-45;1-13-32(5)43-46(61)54-37(10)50(65)69-44(33(6)14-2)35(8)40(68-51(66)52-26-20-15-16-21-27-58)25-24-34(7)49(64)67-41(28-31(3)4)45(60)53-36(9)47(62)57(12)39(29-38-22-18-17-19-23-38)48(63)56(11)30-42(59)55-43/h16,19-21,24-26,33-34,37-39,41-43,45-46H,15,17-18,22-23,27-32H2,1-14H3,(H,54,67)(H,55,61)(H,56,62)(H,57,60);14,17-19,22-24,31-32,35-37,39-41,43-44,58H,13,15-16,20-21,25-30H2,1-12H3,(H,52,66)(H,53,60)(H,54,61)(H,55,59)/b35-16+,36-26+;33-14+,34-24+/t34?,37-,38-,39+,41+,42-,43+,45-,46+;32?,35-,36-,37+,39+,40-,41+,43-,44+/m00/s1. The molecule has 0 saturated carbocycles. The van der Waals surface area contributed by atoms with Crippen LogP contribution in [0.2, 0.25) is 0 Å². The Balaban J connectivity index is 0.000000731. The van der Waals surface area contributed by atoms with Crippen LogP contribution in [0.5, 0.6) is 0 Å². The number of nitrogens with one attached hydrogen (secondary N) is 8. The molecule has 0 radical (unpaired) electrons. The molecule has 142 heavy (non-hydrogen) atoms. The average molecular weight is 2010 g/mol. The number of amides is 12. The number of aliphatic hydroxyl groups is 1. The normalized spacial score (nSPS) is 25.9. The Morgan fingerprint density at radius 2 is 0.817 bits per heavy atom. The lowest BCUT2D eigenvalue weighted by Gasteiger charge is -2.33. The van der Waals surface area contributed by atoms with E-state index in [1.807, 2.05) is 53.7 Å². The second kappa shape index (κ2) is 63.6. The quantitative estimate of drug-likeness (QED) is 0.0115. The molecule has 18 atom stereocenters. The number of carbonyl (C=O) groups is 16. The van der Waals surface area contributed by atoms with Gasteiger partial charge in [-0.15, -0.1) is 0 Å². The number of likely N-dealkylation sites (N-methyl/N-ethyl adjacent to an activating group) is 4. The molecule has 0 spiro atoms. The number of esters is 4. The fourth-order valence-electron chi connectivity index (χ4n) is 15.6. The van der Waals surface area contributed by atoms with Crippen LogP contribution in [0.15, 0.2) is 107 Å². The minimum absolute atomic E-state index is 0.0450. The van der Waals surface area contributed by atoms with Gasteiger partial charge in [-0.1, -0.05) is 193 Å². The van der Waals surface area contributed by atoms with E-state index in [2.05, 4.69) is 42.5 Å². The van der Waals surface area contributed by atoms with Gasteiger partial charge < -0.3 is 100 Å². The van der Waals surface area contributed by atoms with E-state index < -0.39 is 224 Å². The summed E-state index contributed by atoms with van der Waals surface area (Å²) in [6, 6.07) is 8.64. The summed E-state index contributed by atoms with van der Waals surface area (Å²) in [5, 5.41) is 30.8. The summed E-state index contributed by atoms with van der Waals surface area (Å²) in [6.07, 6.45) is 5.31. The Morgan fingerprint density at radius 3 is 1.14 bits per heavy atom. The summed E-state index contributed by atoms with van der Waals surface area (Å²) >= 11 is 0. The predicted octanol–water partition coefficient (Wildman–Crippen LogP) is 10.6. The van der Waals surface area contributed by atoms with E-state index in [0.29, 0.717) is 62.8 Å². The van der Waals surface area contributed by atoms with Gasteiger partial charge in [-0.3, -0.25) is 52.5 Å². The van der Waals surface area contributed by atoms with Crippen LogP contribution in [-0.4, -0.2) is 286 Å². The van der Waals surface area contributed by atoms with Crippen LogP contribution >= 0.6 is 7.37 Å². The number of ether oxygens (including phenoxy) is 6. The topological polar surface area (TPSA) is 484 Å². The average Bonchev–Trinajstić information content (AvgIpc) is 0.794. The molecule has 38 heteroatoms. The fraction of sp³-hybridized carbons (Fsp3) is 0.654. The zero-order chi connectivity index (χ0) is 107. The SMILES string of the molecule is C/C=C(\C)[C@H]1OC(=O)[C@@H](C)NC(=O)[C@H](C(C)CC)NC(=O)CN(C)C(=O)[C@@H](Cc2ccccc2)N(C)C(=O)[C@H](C)NC(=O)[C@@H](CC(C)C)OC(=O)/C(C)=C/C[C@H](OC(=O)NCCCCCCO)[C@@H]1C.C/C=C(\C)[C@H]1OC(=O)[C@@H](C)NC(=O)[C@H](C(C)CC)NC(=O)CN(C)C(=O)[C@@H](Cc2ccccc2)N(C)C(=O)[C@H](C)NC(=O)[C@@H](CC(C)C)OC(=O)/C(C)=C/C[C@H](OC(=O)NCCCCCCOP(C)(C)=O)[C@@H]1C. The molecule has 0 aromatic heterocycles. The van der Waals surface area contributed by atoms with Gasteiger partial charge in [0.15, 0.2) is 19.6 Å². The molecule has 2 aliphatic heterocycles. The van der Waals surface area contributed by atoms with Gasteiger partial charge in [-0.05, 0) is 154 Å². The largest absolute Gasteiger partial charge is 0.456 e. The molecule has 2 aromatic rings. The number of hydrogen-bond acceptors (Lipinski definition) is 25. The number of carbonyl (C=O) groups excluding carboxylic acids is 16. The summed E-state index contributed by atoms with van der Waals surface area (Å²) in [6.45, 7) is 37.0. The van der Waals surface area contributed by atoms with E-state index >= 15 is 0 Å². The molecular formula is C104H165N12O25P. The molecule has 2 aromatic carbocycles. The fourth-order valence-corrected chi connectivity index (χ4v) is 16.1. The van der Waals surface area contributed by atoms with Crippen LogP contribution in [0.1, 0.15) is 239 Å². The van der Waals surface area contributed by atoms with Crippen molar-refractivity contribution >= 4 is 103 Å². The number of aliphatic hydroxyl groups excluding tert-OH is 1. The number of allylic oxidation sites excluding steroid dienone is 2. The van der Waals surface area contributed by atoms with E-state index in [-0.39, 0.29) is 74.7 Å². The van der Waals surface area contributed by atoms with Gasteiger partial charge in [0.1, 0.15) is 72.8 Å². The molecule has 0 bridgehead atoms. The Bertz CT molecular complexity index is 4640. The van der Waals surface area contributed by atoms with Crippen LogP contribution in [0.25, 0.3) is 0 Å². The maximum Gasteiger partial charge on any atom is 0.407 e. The van der Waals surface area contributed by atoms with E-state index in [1.54, 1.807) is 129 Å². The third-order valence-corrected chi connectivity index (χ3v) is 26.0. The Kier molecular flexibility index (Phi) is 55.9. The Hall–Kier alpha value is -11.3. The lowest BCUT2D eigenvalue weighted by Crippen LogP contribution is -2.57. The zero-order valence-electron chi connectivity index (χ0n) is 88.7. The van der Waals surface area contributed by atoms with Crippen LogP contribution in [0.3, 0.4) is 0 Å². The van der Waals surface area contributed by atoms with Crippen molar-refractivity contribution in [2.24, 2.45) is 35.5 Å². The van der Waals surface area contributed by atoms with Gasteiger partial charge in [0, 0.05) is 110 Å². The third-order valence-electron chi connectivity index (χ3n) is 25.2. The number of nitrogens with zero attached hydrogens (tertiary/aromatic N) is 4. The summed E-state index contributed by atoms with van der Waals surface area (Å²) in [7, 11) is 3.10. The Labute approximate surface area is 840 Å². The predicted molar refractivity (Wildman–Crippen MR) is 540 cm³/mol. The number of hydrogen-bond donors (Lipinski definition) is 9. The summed E-state index contributed by atoms with van der Waals surface area (Å²) in [4.78, 5) is 226. The lowest BCUT2D eigenvalue weighted by atomic mass is 9.90. The summed E-state index contributed by atoms with van der Waals surface area (Å²) < 4.78 is 52.9. The first kappa shape index (κ1) is 125. The molecular weight excluding hydrogens is 1850 g/mol. The minimum Gasteiger partial charge on any atom is -0.456 e. The van der Waals surface area contributed by atoms with Crippen molar-refractivity contribution in [3.63, 3.8) is 0 Å². The van der Waals surface area contributed by atoms with Crippen molar-refractivity contribution in [2.45, 2.75) is 326 Å². The molecule has 796 valence electrons. The van der Waals surface area contributed by atoms with Crippen LogP contribution in [-0.2, 0) is 117 Å². The van der Waals surface area contributed by atoms with Crippen molar-refractivity contribution in [2.75, 3.05) is 80.9 Å². The zero-order valence-corrected chi connectivity index (χ0v) is 89.6. The van der Waals surface area contributed by atoms with Gasteiger partial charge in [0.2, 0.25) is 47.3 Å². The van der Waals surface area contributed by atoms with E-state index in [4.69, 9.17) is 38.1 Å². The highest BCUT2D eigenvalue weighted by atomic mass is 31.2. The molecule has 12 amide bonds. The number of unbranched alkanes of at least 4 members (excludes halogenated alkanes) is 6. The van der Waals surface area contributed by atoms with Crippen molar-refractivity contribution in [3.8, 4) is 0 Å². The van der Waals surface area contributed by atoms with Gasteiger partial charge >= 0.3 is 36.1 Å². The van der Waals surface area contributed by atoms with Crippen LogP contribution in [0.4, 0.5) is 9.59 Å². The molecule has 4 rings (SSSR count). The van der Waals surface area contributed by atoms with Crippen molar-refractivity contribution < 1.29 is 119 Å². The third kappa shape index (κ3) is 43.9. The number of benzene rings is 2. The Morgan fingerprint density at radius 1 is 0.479 bits per heavy atom. The maximum absolute atomic E-state index is 14.3. The number of cyclic esters (lactones) is 4. The molecule has 2 heterocycles. The monoisotopic (exact) mass is 2010 g/mol. The first-order valence-electron chi connectivity index (χ1n) is 49.8. The second-order valence-electron chi connectivity index (χ2n) is 38.7. The van der Waals surface area contributed by atoms with Gasteiger partial charge in [0.25, 0.3) is 11.8 Å². The van der Waals surface area contributed by atoms with Crippen molar-refractivity contribution in [1.29, 1.82) is 0 Å². The van der Waals surface area contributed by atoms with Crippen molar-refractivity contribution in [1.82, 2.24) is 62.1 Å². The second-order valence-corrected chi connectivity index (χ2v) is 41.4. The van der Waals surface area contributed by atoms with Crippen molar-refractivity contribution in [3.05, 3.63) is 118 Å². The first-order chi connectivity index (χ1) is 66.8. The van der Waals surface area contributed by atoms with Gasteiger partial charge in [0.05, 0.1) is 19.7 Å².